The van der Waals surface area contributed by atoms with E-state index in [1.165, 1.54) is 29.2 Å². The molecule has 1 N–H and O–H groups in total. The minimum Gasteiger partial charge on any atom is -0.494 e. The first-order valence-electron chi connectivity index (χ1n) is 14.9. The third kappa shape index (κ3) is 8.34. The molecule has 0 aliphatic heterocycles. The number of rotatable bonds is 13. The van der Waals surface area contributed by atoms with Crippen molar-refractivity contribution >= 4 is 27.5 Å². The second-order valence-electron chi connectivity index (χ2n) is 10.7. The quantitative estimate of drug-likeness (QED) is 0.269. The SMILES string of the molecule is CCOc1ccc(N(CC(=O)N(Cc2ccc(F)cc2)C(CC)C(=O)NC2CCCCC2)S(=O)(=O)c2ccccc2)cc1. The van der Waals surface area contributed by atoms with Gasteiger partial charge in [-0.3, -0.25) is 13.9 Å². The van der Waals surface area contributed by atoms with Crippen molar-refractivity contribution in [3.8, 4) is 5.75 Å². The Balaban J connectivity index is 1.69. The molecule has 4 rings (SSSR count). The number of nitrogens with zero attached hydrogens (tertiary/aromatic N) is 2. The lowest BCUT2D eigenvalue weighted by atomic mass is 9.95. The van der Waals surface area contributed by atoms with Crippen LogP contribution < -0.4 is 14.4 Å². The van der Waals surface area contributed by atoms with Crippen LogP contribution in [-0.4, -0.2) is 50.4 Å². The fourth-order valence-corrected chi connectivity index (χ4v) is 6.81. The van der Waals surface area contributed by atoms with Crippen molar-refractivity contribution in [2.75, 3.05) is 17.5 Å². The second-order valence-corrected chi connectivity index (χ2v) is 12.5. The number of nitrogens with one attached hydrogen (secondary N) is 1. The average Bonchev–Trinajstić information content (AvgIpc) is 3.02. The number of amides is 2. The molecule has 0 heterocycles. The molecule has 3 aromatic rings. The highest BCUT2D eigenvalue weighted by atomic mass is 32.2. The molecule has 0 aromatic heterocycles. The predicted molar refractivity (Wildman–Crippen MR) is 165 cm³/mol. The maximum atomic E-state index is 14.2. The van der Waals surface area contributed by atoms with Gasteiger partial charge in [-0.1, -0.05) is 56.5 Å². The minimum absolute atomic E-state index is 0.0121. The van der Waals surface area contributed by atoms with E-state index in [4.69, 9.17) is 4.74 Å². The van der Waals surface area contributed by atoms with Gasteiger partial charge in [-0.2, -0.15) is 0 Å². The third-order valence-corrected chi connectivity index (χ3v) is 9.44. The van der Waals surface area contributed by atoms with E-state index in [-0.39, 0.29) is 29.1 Å². The first-order chi connectivity index (χ1) is 20.7. The van der Waals surface area contributed by atoms with Crippen LogP contribution in [0.5, 0.6) is 5.75 Å². The zero-order valence-corrected chi connectivity index (χ0v) is 25.6. The van der Waals surface area contributed by atoms with Gasteiger partial charge in [0.15, 0.2) is 0 Å². The Morgan fingerprint density at radius 3 is 2.19 bits per heavy atom. The summed E-state index contributed by atoms with van der Waals surface area (Å²) in [5, 5.41) is 3.12. The Bertz CT molecular complexity index is 1440. The summed E-state index contributed by atoms with van der Waals surface area (Å²) in [6.07, 6.45) is 5.29. The second kappa shape index (κ2) is 15.0. The molecule has 1 aliphatic carbocycles. The van der Waals surface area contributed by atoms with Crippen LogP contribution >= 0.6 is 0 Å². The monoisotopic (exact) mass is 609 g/mol. The summed E-state index contributed by atoms with van der Waals surface area (Å²) in [6.45, 7) is 3.59. The molecule has 1 unspecified atom stereocenters. The summed E-state index contributed by atoms with van der Waals surface area (Å²) in [7, 11) is -4.17. The minimum atomic E-state index is -4.17. The van der Waals surface area contributed by atoms with Gasteiger partial charge >= 0.3 is 0 Å². The summed E-state index contributed by atoms with van der Waals surface area (Å²) < 4.78 is 48.2. The number of hydrogen-bond donors (Lipinski definition) is 1. The van der Waals surface area contributed by atoms with E-state index in [9.17, 15) is 22.4 Å². The predicted octanol–water partition coefficient (Wildman–Crippen LogP) is 5.68. The number of carbonyl (C=O) groups excluding carboxylic acids is 2. The van der Waals surface area contributed by atoms with E-state index in [1.54, 1.807) is 54.6 Å². The molecular formula is C33H40FN3O5S. The number of anilines is 1. The molecule has 10 heteroatoms. The molecule has 1 aliphatic rings. The molecule has 0 spiro atoms. The number of halogens is 1. The van der Waals surface area contributed by atoms with Crippen molar-refractivity contribution in [1.82, 2.24) is 10.2 Å². The molecule has 8 nitrogen and oxygen atoms in total. The first kappa shape index (κ1) is 32.0. The standard InChI is InChI=1S/C33H40FN3O5S/c1-3-31(33(39)35-27-11-7-5-8-12-27)36(23-25-15-17-26(34)18-16-25)32(38)24-37(28-19-21-29(22-20-28)42-4-2)43(40,41)30-13-9-6-10-14-30/h6,9-10,13-22,27,31H,3-5,7-8,11-12,23-24H2,1-2H3,(H,35,39). The van der Waals surface area contributed by atoms with E-state index in [1.807, 2.05) is 13.8 Å². The summed E-state index contributed by atoms with van der Waals surface area (Å²) in [5.41, 5.74) is 0.902. The van der Waals surface area contributed by atoms with Gasteiger partial charge in [-0.15, -0.1) is 0 Å². The number of sulfonamides is 1. The fraction of sp³-hybridized carbons (Fsp3) is 0.394. The van der Waals surface area contributed by atoms with Crippen LogP contribution in [0.3, 0.4) is 0 Å². The zero-order chi connectivity index (χ0) is 30.8. The molecule has 3 aromatic carbocycles. The van der Waals surface area contributed by atoms with E-state index >= 15 is 0 Å². The van der Waals surface area contributed by atoms with E-state index in [0.717, 1.165) is 36.4 Å². The lowest BCUT2D eigenvalue weighted by Crippen LogP contribution is -2.54. The average molecular weight is 610 g/mol. The first-order valence-corrected chi connectivity index (χ1v) is 16.3. The molecule has 0 bridgehead atoms. The summed E-state index contributed by atoms with van der Waals surface area (Å²) in [6, 6.07) is 19.3. The normalized spacial score (nSPS) is 14.5. The Morgan fingerprint density at radius 1 is 0.930 bits per heavy atom. The molecule has 0 saturated heterocycles. The number of ether oxygens (including phenoxy) is 1. The van der Waals surface area contributed by atoms with E-state index < -0.39 is 34.3 Å². The molecular weight excluding hydrogens is 569 g/mol. The summed E-state index contributed by atoms with van der Waals surface area (Å²) in [4.78, 5) is 29.2. The van der Waals surface area contributed by atoms with Crippen LogP contribution in [0.25, 0.3) is 0 Å². The van der Waals surface area contributed by atoms with Crippen LogP contribution in [-0.2, 0) is 26.2 Å². The maximum absolute atomic E-state index is 14.2. The summed E-state index contributed by atoms with van der Waals surface area (Å²) in [5.74, 6) is -0.677. The van der Waals surface area contributed by atoms with Gasteiger partial charge in [0.1, 0.15) is 24.2 Å². The van der Waals surface area contributed by atoms with E-state index in [2.05, 4.69) is 5.32 Å². The van der Waals surface area contributed by atoms with Crippen molar-refractivity contribution in [2.24, 2.45) is 0 Å². The van der Waals surface area contributed by atoms with Gasteiger partial charge in [-0.05, 0) is 80.3 Å². The fourth-order valence-electron chi connectivity index (χ4n) is 5.37. The molecule has 0 radical (unpaired) electrons. The highest BCUT2D eigenvalue weighted by Gasteiger charge is 2.34. The molecule has 230 valence electrons. The number of carbonyl (C=O) groups is 2. The van der Waals surface area contributed by atoms with Gasteiger partial charge < -0.3 is 15.0 Å². The van der Waals surface area contributed by atoms with Crippen LogP contribution in [0.1, 0.15) is 57.9 Å². The molecule has 1 saturated carbocycles. The number of benzene rings is 3. The molecule has 1 fully saturated rings. The van der Waals surface area contributed by atoms with Gasteiger partial charge in [0.25, 0.3) is 10.0 Å². The topological polar surface area (TPSA) is 96.0 Å². The lowest BCUT2D eigenvalue weighted by molar-refractivity contribution is -0.140. The number of hydrogen-bond acceptors (Lipinski definition) is 5. The van der Waals surface area contributed by atoms with Gasteiger partial charge in [0.2, 0.25) is 11.8 Å². The van der Waals surface area contributed by atoms with Crippen molar-refractivity contribution in [3.63, 3.8) is 0 Å². The molecule has 43 heavy (non-hydrogen) atoms. The van der Waals surface area contributed by atoms with Crippen LogP contribution in [0.2, 0.25) is 0 Å². The zero-order valence-electron chi connectivity index (χ0n) is 24.7. The van der Waals surface area contributed by atoms with Crippen molar-refractivity contribution in [3.05, 3.63) is 90.2 Å². The largest absolute Gasteiger partial charge is 0.494 e. The highest BCUT2D eigenvalue weighted by molar-refractivity contribution is 7.92. The van der Waals surface area contributed by atoms with Crippen molar-refractivity contribution in [1.29, 1.82) is 0 Å². The Hall–Kier alpha value is -3.92. The maximum Gasteiger partial charge on any atom is 0.264 e. The molecule has 1 atom stereocenters. The Labute approximate surface area is 253 Å². The van der Waals surface area contributed by atoms with Gasteiger partial charge in [-0.25, -0.2) is 12.8 Å². The van der Waals surface area contributed by atoms with Crippen LogP contribution in [0.15, 0.2) is 83.8 Å². The van der Waals surface area contributed by atoms with Gasteiger partial charge in [0, 0.05) is 12.6 Å². The smallest absolute Gasteiger partial charge is 0.264 e. The van der Waals surface area contributed by atoms with Crippen LogP contribution in [0, 0.1) is 5.82 Å². The van der Waals surface area contributed by atoms with Crippen molar-refractivity contribution < 1.29 is 27.1 Å². The highest BCUT2D eigenvalue weighted by Crippen LogP contribution is 2.27. The Kier molecular flexibility index (Phi) is 11.2. The van der Waals surface area contributed by atoms with E-state index in [0.29, 0.717) is 24.3 Å². The van der Waals surface area contributed by atoms with Gasteiger partial charge in [0.05, 0.1) is 17.2 Å². The lowest BCUT2D eigenvalue weighted by Gasteiger charge is -2.34. The van der Waals surface area contributed by atoms with Crippen LogP contribution in [0.4, 0.5) is 10.1 Å². The Morgan fingerprint density at radius 2 is 1.58 bits per heavy atom. The van der Waals surface area contributed by atoms with Crippen molar-refractivity contribution in [2.45, 2.75) is 75.9 Å². The molecule has 2 amide bonds. The summed E-state index contributed by atoms with van der Waals surface area (Å²) >= 11 is 0. The third-order valence-electron chi connectivity index (χ3n) is 7.65.